The van der Waals surface area contributed by atoms with E-state index in [1.807, 2.05) is 31.2 Å². The highest BCUT2D eigenvalue weighted by Crippen LogP contribution is 2.45. The number of nitrogens with zero attached hydrogens (tertiary/aromatic N) is 4. The third-order valence-corrected chi connectivity index (χ3v) is 6.58. The van der Waals surface area contributed by atoms with E-state index in [9.17, 15) is 10.4 Å². The van der Waals surface area contributed by atoms with E-state index >= 15 is 0 Å². The lowest BCUT2D eigenvalue weighted by Gasteiger charge is -2.25. The average Bonchev–Trinajstić information content (AvgIpc) is 3.47. The van der Waals surface area contributed by atoms with Crippen molar-refractivity contribution >= 4 is 16.8 Å². The van der Waals surface area contributed by atoms with Gasteiger partial charge in [-0.15, -0.1) is 0 Å². The highest BCUT2D eigenvalue weighted by molar-refractivity contribution is 6.03. The molecule has 1 aliphatic rings. The summed E-state index contributed by atoms with van der Waals surface area (Å²) in [5.41, 5.74) is 6.03. The van der Waals surface area contributed by atoms with Crippen molar-refractivity contribution in [1.29, 1.82) is 5.26 Å². The Kier molecular flexibility index (Phi) is 5.27. The van der Waals surface area contributed by atoms with Crippen LogP contribution in [0, 0.1) is 18.3 Å². The molecule has 0 amide bonds. The molecule has 0 spiro atoms. The molecular weight excluding hydrogens is 412 g/mol. The second kappa shape index (κ2) is 8.27. The zero-order chi connectivity index (χ0) is 23.1. The minimum Gasteiger partial charge on any atom is -0.507 e. The van der Waals surface area contributed by atoms with Gasteiger partial charge in [0.15, 0.2) is 5.58 Å². The summed E-state index contributed by atoms with van der Waals surface area (Å²) in [5, 5.41) is 20.5. The maximum absolute atomic E-state index is 10.4. The fourth-order valence-corrected chi connectivity index (χ4v) is 4.78. The van der Waals surface area contributed by atoms with Crippen LogP contribution in [0.3, 0.4) is 0 Å². The molecule has 3 aromatic carbocycles. The predicted molar refractivity (Wildman–Crippen MR) is 130 cm³/mol. The first-order chi connectivity index (χ1) is 16.0. The van der Waals surface area contributed by atoms with Gasteiger partial charge in [0.05, 0.1) is 16.8 Å². The average molecular weight is 439 g/mol. The molecule has 5 rings (SSSR count). The van der Waals surface area contributed by atoms with Gasteiger partial charge in [-0.2, -0.15) is 5.26 Å². The van der Waals surface area contributed by atoms with E-state index < -0.39 is 0 Å². The molecule has 2 heterocycles. The lowest BCUT2D eigenvalue weighted by atomic mass is 9.93. The van der Waals surface area contributed by atoms with E-state index in [0.29, 0.717) is 34.2 Å². The quantitative estimate of drug-likeness (QED) is 0.473. The normalized spacial score (nSPS) is 16.0. The van der Waals surface area contributed by atoms with Gasteiger partial charge >= 0.3 is 0 Å². The molecule has 33 heavy (non-hydrogen) atoms. The number of aromatic nitrogens is 1. The van der Waals surface area contributed by atoms with Crippen molar-refractivity contribution in [3.05, 3.63) is 65.7 Å². The van der Waals surface area contributed by atoms with E-state index in [2.05, 4.69) is 42.1 Å². The lowest BCUT2D eigenvalue weighted by Crippen LogP contribution is -2.31. The van der Waals surface area contributed by atoms with Gasteiger partial charge in [0.25, 0.3) is 0 Å². The van der Waals surface area contributed by atoms with Gasteiger partial charge in [0.1, 0.15) is 17.3 Å². The number of likely N-dealkylation sites (N-methyl/N-ethyl adjacent to an activating group) is 1. The van der Waals surface area contributed by atoms with Crippen LogP contribution in [0.4, 0.5) is 5.69 Å². The minimum absolute atomic E-state index is 0.0953. The first kappa shape index (κ1) is 21.0. The third kappa shape index (κ3) is 3.51. The molecule has 1 unspecified atom stereocenters. The molecule has 1 atom stereocenters. The molecule has 6 nitrogen and oxygen atoms in total. The van der Waals surface area contributed by atoms with Gasteiger partial charge in [0, 0.05) is 24.7 Å². The van der Waals surface area contributed by atoms with Crippen LogP contribution < -0.4 is 4.90 Å². The van der Waals surface area contributed by atoms with Gasteiger partial charge < -0.3 is 19.3 Å². The number of fused-ring (bicyclic) bond motifs is 1. The summed E-state index contributed by atoms with van der Waals surface area (Å²) in [5.74, 6) is 0.409. The van der Waals surface area contributed by atoms with Gasteiger partial charge in [-0.3, -0.25) is 0 Å². The second-order valence-electron chi connectivity index (χ2n) is 8.77. The van der Waals surface area contributed by atoms with Crippen molar-refractivity contribution < 1.29 is 9.52 Å². The molecule has 1 N–H and O–H groups in total. The predicted octanol–water partition coefficient (Wildman–Crippen LogP) is 5.19. The molecule has 0 radical (unpaired) electrons. The Labute approximate surface area is 193 Å². The molecule has 0 aliphatic carbocycles. The van der Waals surface area contributed by atoms with Gasteiger partial charge in [-0.1, -0.05) is 42.5 Å². The van der Waals surface area contributed by atoms with Crippen molar-refractivity contribution in [2.45, 2.75) is 19.4 Å². The van der Waals surface area contributed by atoms with E-state index in [1.54, 1.807) is 18.2 Å². The molecule has 0 saturated carbocycles. The Morgan fingerprint density at radius 1 is 1.12 bits per heavy atom. The van der Waals surface area contributed by atoms with Crippen LogP contribution in [0.5, 0.6) is 5.75 Å². The number of benzene rings is 3. The van der Waals surface area contributed by atoms with Crippen molar-refractivity contribution in [1.82, 2.24) is 9.88 Å². The molecule has 1 fully saturated rings. The monoisotopic (exact) mass is 438 g/mol. The van der Waals surface area contributed by atoms with E-state index in [0.717, 1.165) is 41.9 Å². The molecule has 6 heteroatoms. The molecule has 1 aliphatic heterocycles. The number of nitriles is 1. The molecule has 4 aromatic rings. The Morgan fingerprint density at radius 3 is 2.52 bits per heavy atom. The fraction of sp³-hybridized carbons (Fsp3) is 0.259. The Hall–Kier alpha value is -3.82. The number of para-hydroxylation sites is 1. The van der Waals surface area contributed by atoms with Crippen LogP contribution in [0.15, 0.2) is 59.0 Å². The molecular formula is C27H26N4O2. The van der Waals surface area contributed by atoms with Crippen LogP contribution in [0.25, 0.3) is 33.7 Å². The number of oxazole rings is 1. The number of phenols is 1. The summed E-state index contributed by atoms with van der Waals surface area (Å²) in [4.78, 5) is 9.31. The first-order valence-corrected chi connectivity index (χ1v) is 11.1. The molecule has 0 bridgehead atoms. The number of hydrogen-bond donors (Lipinski definition) is 1. The number of phenolic OH excluding ortho intramolecular Hbond substituents is 1. The Morgan fingerprint density at radius 2 is 1.85 bits per heavy atom. The maximum atomic E-state index is 10.4. The van der Waals surface area contributed by atoms with Crippen LogP contribution in [0.2, 0.25) is 0 Å². The van der Waals surface area contributed by atoms with Crippen molar-refractivity contribution in [2.24, 2.45) is 0 Å². The van der Waals surface area contributed by atoms with E-state index in [4.69, 9.17) is 9.40 Å². The van der Waals surface area contributed by atoms with Crippen LogP contribution in [-0.2, 0) is 0 Å². The highest BCUT2D eigenvalue weighted by Gasteiger charge is 2.32. The van der Waals surface area contributed by atoms with E-state index in [-0.39, 0.29) is 5.75 Å². The number of anilines is 1. The zero-order valence-corrected chi connectivity index (χ0v) is 19.0. The SMILES string of the molecule is Cc1c(-c2ccccc2)c(N2CCC(N(C)C)C2)c2oc(-c3ccccc3O)nc2c1C#N. The van der Waals surface area contributed by atoms with Crippen LogP contribution in [-0.4, -0.2) is 48.2 Å². The Bertz CT molecular complexity index is 1370. The van der Waals surface area contributed by atoms with Crippen LogP contribution >= 0.6 is 0 Å². The van der Waals surface area contributed by atoms with Crippen molar-refractivity contribution in [3.8, 4) is 34.4 Å². The summed E-state index contributed by atoms with van der Waals surface area (Å²) in [7, 11) is 4.22. The van der Waals surface area contributed by atoms with Crippen LogP contribution in [0.1, 0.15) is 17.5 Å². The Balaban J connectivity index is 1.82. The summed E-state index contributed by atoms with van der Waals surface area (Å²) in [6.45, 7) is 3.73. The maximum Gasteiger partial charge on any atom is 0.231 e. The summed E-state index contributed by atoms with van der Waals surface area (Å²) >= 11 is 0. The molecule has 1 aromatic heterocycles. The van der Waals surface area contributed by atoms with Gasteiger partial charge in [-0.25, -0.2) is 4.98 Å². The van der Waals surface area contributed by atoms with Gasteiger partial charge in [0.2, 0.25) is 5.89 Å². The highest BCUT2D eigenvalue weighted by atomic mass is 16.4. The second-order valence-corrected chi connectivity index (χ2v) is 8.77. The van der Waals surface area contributed by atoms with E-state index in [1.165, 1.54) is 0 Å². The largest absolute Gasteiger partial charge is 0.507 e. The first-order valence-electron chi connectivity index (χ1n) is 11.1. The summed E-state index contributed by atoms with van der Waals surface area (Å²) in [6.07, 6.45) is 1.04. The number of aromatic hydroxyl groups is 1. The standard InChI is InChI=1S/C27H26N4O2/c1-17-21(15-28)24-26(33-27(29-24)20-11-7-8-12-22(20)32)25(23(17)18-9-5-4-6-10-18)31-14-13-19(16-31)30(2)3/h4-12,19,32H,13-14,16H2,1-3H3. The number of rotatable bonds is 4. The molecule has 166 valence electrons. The summed E-state index contributed by atoms with van der Waals surface area (Å²) < 4.78 is 6.36. The van der Waals surface area contributed by atoms with Gasteiger partial charge in [-0.05, 0) is 50.7 Å². The minimum atomic E-state index is 0.0953. The zero-order valence-electron chi connectivity index (χ0n) is 19.0. The lowest BCUT2D eigenvalue weighted by molar-refractivity contribution is 0.315. The van der Waals surface area contributed by atoms with Crippen molar-refractivity contribution in [2.75, 3.05) is 32.1 Å². The summed E-state index contributed by atoms with van der Waals surface area (Å²) in [6, 6.07) is 19.9. The topological polar surface area (TPSA) is 76.5 Å². The molecule has 1 saturated heterocycles. The third-order valence-electron chi connectivity index (χ3n) is 6.58. The van der Waals surface area contributed by atoms with Crippen molar-refractivity contribution in [3.63, 3.8) is 0 Å². The smallest absolute Gasteiger partial charge is 0.231 e. The fourth-order valence-electron chi connectivity index (χ4n) is 4.78. The number of hydrogen-bond acceptors (Lipinski definition) is 6.